The molecule has 0 aromatic heterocycles. The largest absolute Gasteiger partial charge is 0.472 e. The highest BCUT2D eigenvalue weighted by Gasteiger charge is 2.30. The molecule has 0 spiro atoms. The van der Waals surface area contributed by atoms with E-state index in [1.807, 2.05) is 0 Å². The van der Waals surface area contributed by atoms with Crippen LogP contribution in [0.2, 0.25) is 0 Å². The molecule has 0 saturated heterocycles. The van der Waals surface area contributed by atoms with E-state index in [2.05, 4.69) is 27.7 Å². The first-order chi connectivity index (χ1) is 50.7. The number of ether oxygens (including phenoxy) is 4. The predicted octanol–water partition coefficient (Wildman–Crippen LogP) is 26.1. The maximum Gasteiger partial charge on any atom is 0.472 e. The van der Waals surface area contributed by atoms with Gasteiger partial charge in [-0.15, -0.1) is 0 Å². The van der Waals surface area contributed by atoms with Crippen LogP contribution in [0.25, 0.3) is 0 Å². The number of rotatable bonds is 86. The Hall–Kier alpha value is -1.94. The molecule has 0 aliphatic rings. The lowest BCUT2D eigenvalue weighted by Crippen LogP contribution is -2.30. The Morgan fingerprint density at radius 2 is 0.385 bits per heavy atom. The van der Waals surface area contributed by atoms with Crippen molar-refractivity contribution >= 4 is 39.5 Å². The molecule has 3 N–H and O–H groups in total. The van der Waals surface area contributed by atoms with E-state index in [4.69, 9.17) is 37.0 Å². The minimum Gasteiger partial charge on any atom is -0.462 e. The number of hydrogen-bond donors (Lipinski definition) is 3. The second-order valence-electron chi connectivity index (χ2n) is 30.6. The molecule has 0 aromatic rings. The topological polar surface area (TPSA) is 237 Å². The fraction of sp³-hybridized carbons (Fsp3) is 0.953. The van der Waals surface area contributed by atoms with E-state index in [9.17, 15) is 43.2 Å². The average Bonchev–Trinajstić information content (AvgIpc) is 0.923. The van der Waals surface area contributed by atoms with Crippen LogP contribution in [0, 0.1) is 0 Å². The summed E-state index contributed by atoms with van der Waals surface area (Å²) >= 11 is 0. The quantitative estimate of drug-likeness (QED) is 0.0222. The predicted molar refractivity (Wildman–Crippen MR) is 428 cm³/mol. The molecule has 618 valence electrons. The fourth-order valence-corrected chi connectivity index (χ4v) is 14.9. The van der Waals surface area contributed by atoms with E-state index in [-0.39, 0.29) is 25.7 Å². The maximum atomic E-state index is 13.1. The molecule has 0 aliphatic carbocycles. The van der Waals surface area contributed by atoms with Crippen molar-refractivity contribution in [3.8, 4) is 0 Å². The van der Waals surface area contributed by atoms with Gasteiger partial charge in [0.25, 0.3) is 0 Å². The molecule has 0 bridgehead atoms. The summed E-state index contributed by atoms with van der Waals surface area (Å²) in [6.07, 6.45) is 73.5. The zero-order chi connectivity index (χ0) is 76.0. The standard InChI is InChI=1S/C85H166O17P2/c1-5-9-13-17-21-25-29-33-36-38-39-40-41-42-45-48-52-56-60-64-68-72-85(90)102-81(76-96-83(88)70-66-62-58-54-50-46-44-37-34-30-26-22-18-14-10-6-2)78-100-104(93,94)98-74-79(86)73-97-103(91,92)99-77-80(75-95-82(87)69-65-61-57-53-49-32-28-24-20-16-12-8-4)101-84(89)71-67-63-59-55-51-47-43-35-31-27-23-19-15-11-7-3/h79-81,86H,5-78H2,1-4H3,(H,91,92)(H,93,94)/t79-,80+,81+/m0/s1. The molecule has 0 aliphatic heterocycles. The van der Waals surface area contributed by atoms with Crippen LogP contribution < -0.4 is 0 Å². The van der Waals surface area contributed by atoms with Crippen LogP contribution in [-0.4, -0.2) is 96.7 Å². The van der Waals surface area contributed by atoms with Gasteiger partial charge in [0.2, 0.25) is 0 Å². The second-order valence-corrected chi connectivity index (χ2v) is 33.5. The number of phosphoric ester groups is 2. The number of hydrogen-bond acceptors (Lipinski definition) is 15. The molecule has 5 atom stereocenters. The molecule has 17 nitrogen and oxygen atoms in total. The van der Waals surface area contributed by atoms with E-state index in [0.717, 1.165) is 89.9 Å². The Balaban J connectivity index is 5.24. The van der Waals surface area contributed by atoms with Crippen LogP contribution in [0.15, 0.2) is 0 Å². The van der Waals surface area contributed by atoms with Gasteiger partial charge in [0.15, 0.2) is 12.2 Å². The molecule has 2 unspecified atom stereocenters. The van der Waals surface area contributed by atoms with Crippen LogP contribution in [-0.2, 0) is 65.4 Å². The molecular formula is C85H166O17P2. The summed E-state index contributed by atoms with van der Waals surface area (Å²) in [5.41, 5.74) is 0. The Kier molecular flexibility index (Phi) is 77.7. The zero-order valence-electron chi connectivity index (χ0n) is 68.0. The number of unbranched alkanes of at least 4 members (excludes halogenated alkanes) is 60. The van der Waals surface area contributed by atoms with Gasteiger partial charge in [-0.25, -0.2) is 9.13 Å². The normalized spacial score (nSPS) is 13.7. The highest BCUT2D eigenvalue weighted by Crippen LogP contribution is 2.45. The molecule has 0 heterocycles. The minimum atomic E-state index is -4.96. The van der Waals surface area contributed by atoms with Crippen LogP contribution in [0.3, 0.4) is 0 Å². The van der Waals surface area contributed by atoms with Crippen molar-refractivity contribution in [2.24, 2.45) is 0 Å². The van der Waals surface area contributed by atoms with Crippen molar-refractivity contribution < 1.29 is 80.2 Å². The molecule has 0 radical (unpaired) electrons. The molecular weight excluding hydrogens is 1350 g/mol. The highest BCUT2D eigenvalue weighted by atomic mass is 31.2. The Labute approximate surface area is 638 Å². The molecule has 0 fully saturated rings. The van der Waals surface area contributed by atoms with Crippen molar-refractivity contribution in [1.29, 1.82) is 0 Å². The summed E-state index contributed by atoms with van der Waals surface area (Å²) < 4.78 is 68.9. The lowest BCUT2D eigenvalue weighted by molar-refractivity contribution is -0.161. The SMILES string of the molecule is CCCCCCCCCCCCCCCCCCCCCCCC(=O)O[C@H](COC(=O)CCCCCCCCCCCCCCCCCC)COP(=O)(O)OC[C@@H](O)COP(=O)(O)OC[C@@H](COC(=O)CCCCCCCCCCCCCC)OC(=O)CCCCCCCCCCCCCCCCC. The van der Waals surface area contributed by atoms with Gasteiger partial charge < -0.3 is 33.8 Å². The summed E-state index contributed by atoms with van der Waals surface area (Å²) in [7, 11) is -9.92. The third-order valence-electron chi connectivity index (χ3n) is 20.1. The van der Waals surface area contributed by atoms with E-state index in [0.29, 0.717) is 25.7 Å². The molecule has 0 aromatic carbocycles. The Morgan fingerprint density at radius 3 is 0.567 bits per heavy atom. The van der Waals surface area contributed by atoms with E-state index >= 15 is 0 Å². The Morgan fingerprint density at radius 1 is 0.231 bits per heavy atom. The van der Waals surface area contributed by atoms with Gasteiger partial charge in [-0.2, -0.15) is 0 Å². The van der Waals surface area contributed by atoms with Gasteiger partial charge in [-0.3, -0.25) is 37.3 Å². The van der Waals surface area contributed by atoms with E-state index in [1.54, 1.807) is 0 Å². The summed E-state index contributed by atoms with van der Waals surface area (Å²) in [5, 5.41) is 10.7. The first kappa shape index (κ1) is 102. The van der Waals surface area contributed by atoms with Crippen LogP contribution in [0.5, 0.6) is 0 Å². The summed E-state index contributed by atoms with van der Waals surface area (Å²) in [6.45, 7) is 5.06. The molecule has 19 heteroatoms. The van der Waals surface area contributed by atoms with Crippen LogP contribution in [0.4, 0.5) is 0 Å². The maximum absolute atomic E-state index is 13.1. The summed E-state index contributed by atoms with van der Waals surface area (Å²) in [5.74, 6) is -2.10. The third-order valence-corrected chi connectivity index (χ3v) is 22.0. The first-order valence-electron chi connectivity index (χ1n) is 44.3. The van der Waals surface area contributed by atoms with Gasteiger partial charge in [0.05, 0.1) is 26.4 Å². The lowest BCUT2D eigenvalue weighted by Gasteiger charge is -2.21. The number of phosphoric acid groups is 2. The monoisotopic (exact) mass is 1520 g/mol. The minimum absolute atomic E-state index is 0.109. The molecule has 0 rings (SSSR count). The van der Waals surface area contributed by atoms with Crippen molar-refractivity contribution in [3.05, 3.63) is 0 Å². The van der Waals surface area contributed by atoms with Gasteiger partial charge in [-0.1, -0.05) is 413 Å². The molecule has 104 heavy (non-hydrogen) atoms. The smallest absolute Gasteiger partial charge is 0.462 e. The lowest BCUT2D eigenvalue weighted by atomic mass is 10.0. The van der Waals surface area contributed by atoms with Gasteiger partial charge >= 0.3 is 39.5 Å². The van der Waals surface area contributed by atoms with Crippen LogP contribution >= 0.6 is 15.6 Å². The van der Waals surface area contributed by atoms with Crippen molar-refractivity contribution in [3.63, 3.8) is 0 Å². The average molecular weight is 1520 g/mol. The number of carbonyl (C=O) groups is 4. The highest BCUT2D eigenvalue weighted by molar-refractivity contribution is 7.47. The summed E-state index contributed by atoms with van der Waals surface area (Å²) in [4.78, 5) is 73.2. The first-order valence-corrected chi connectivity index (χ1v) is 47.3. The van der Waals surface area contributed by atoms with Crippen molar-refractivity contribution in [1.82, 2.24) is 0 Å². The van der Waals surface area contributed by atoms with E-state index < -0.39 is 97.5 Å². The number of aliphatic hydroxyl groups is 1. The fourth-order valence-electron chi connectivity index (χ4n) is 13.3. The number of carbonyl (C=O) groups excluding carboxylic acids is 4. The molecule has 0 saturated carbocycles. The summed E-state index contributed by atoms with van der Waals surface area (Å²) in [6, 6.07) is 0. The molecule has 0 amide bonds. The van der Waals surface area contributed by atoms with E-state index in [1.165, 1.54) is 295 Å². The third kappa shape index (κ3) is 78.2. The van der Waals surface area contributed by atoms with Gasteiger partial charge in [-0.05, 0) is 25.7 Å². The Bertz CT molecular complexity index is 1960. The van der Waals surface area contributed by atoms with Crippen molar-refractivity contribution in [2.75, 3.05) is 39.6 Å². The van der Waals surface area contributed by atoms with Crippen LogP contribution in [0.1, 0.15) is 464 Å². The number of esters is 4. The van der Waals surface area contributed by atoms with Gasteiger partial charge in [0.1, 0.15) is 19.3 Å². The second kappa shape index (κ2) is 79.2. The number of aliphatic hydroxyl groups excluding tert-OH is 1. The van der Waals surface area contributed by atoms with Gasteiger partial charge in [0, 0.05) is 25.7 Å². The van der Waals surface area contributed by atoms with Crippen molar-refractivity contribution in [2.45, 2.75) is 483 Å². The zero-order valence-corrected chi connectivity index (χ0v) is 69.8.